The van der Waals surface area contributed by atoms with Crippen molar-refractivity contribution in [2.75, 3.05) is 24.5 Å². The molecule has 28 heavy (non-hydrogen) atoms. The Morgan fingerprint density at radius 3 is 2.54 bits per heavy atom. The average molecular weight is 378 g/mol. The van der Waals surface area contributed by atoms with E-state index in [9.17, 15) is 4.79 Å². The zero-order valence-corrected chi connectivity index (χ0v) is 15.4. The normalized spacial score (nSPS) is 11.8. The molecule has 2 aromatic carbocycles. The second-order valence-corrected chi connectivity index (χ2v) is 6.06. The predicted octanol–water partition coefficient (Wildman–Crippen LogP) is 3.52. The van der Waals surface area contributed by atoms with Gasteiger partial charge in [0.1, 0.15) is 23.1 Å². The monoisotopic (exact) mass is 378 g/mol. The minimum atomic E-state index is -0.345. The lowest BCUT2D eigenvalue weighted by molar-refractivity contribution is 0.102. The Morgan fingerprint density at radius 1 is 1.00 bits per heavy atom. The van der Waals surface area contributed by atoms with Gasteiger partial charge in [0.15, 0.2) is 11.5 Å². The molecule has 0 saturated carbocycles. The van der Waals surface area contributed by atoms with Crippen LogP contribution in [-0.4, -0.2) is 29.8 Å². The van der Waals surface area contributed by atoms with E-state index in [0.717, 1.165) is 11.4 Å². The van der Waals surface area contributed by atoms with Gasteiger partial charge in [0.2, 0.25) is 6.79 Å². The van der Waals surface area contributed by atoms with Gasteiger partial charge >= 0.3 is 0 Å². The van der Waals surface area contributed by atoms with Gasteiger partial charge in [-0.3, -0.25) is 4.79 Å². The number of aryl methyl sites for hydroxylation is 1. The molecule has 1 aliphatic rings. The molecule has 2 heterocycles. The molecule has 0 bridgehead atoms. The molecule has 2 N–H and O–H groups in total. The molecule has 3 aromatic rings. The van der Waals surface area contributed by atoms with Crippen molar-refractivity contribution >= 4 is 23.1 Å². The van der Waals surface area contributed by atoms with Gasteiger partial charge in [-0.05, 0) is 43.3 Å². The van der Waals surface area contributed by atoms with Crippen LogP contribution >= 0.6 is 0 Å². The molecule has 8 nitrogen and oxygen atoms in total. The van der Waals surface area contributed by atoms with Crippen LogP contribution in [0.5, 0.6) is 17.2 Å². The maximum atomic E-state index is 12.6. The van der Waals surface area contributed by atoms with E-state index < -0.39 is 0 Å². The Bertz CT molecular complexity index is 1020. The van der Waals surface area contributed by atoms with Gasteiger partial charge in [0, 0.05) is 23.5 Å². The van der Waals surface area contributed by atoms with Crippen molar-refractivity contribution in [2.24, 2.45) is 0 Å². The number of hydrogen-bond acceptors (Lipinski definition) is 7. The summed E-state index contributed by atoms with van der Waals surface area (Å²) in [5.74, 6) is 2.67. The van der Waals surface area contributed by atoms with E-state index in [-0.39, 0.29) is 18.4 Å². The number of nitrogens with one attached hydrogen (secondary N) is 2. The van der Waals surface area contributed by atoms with Crippen LogP contribution in [0.3, 0.4) is 0 Å². The third-order valence-corrected chi connectivity index (χ3v) is 4.06. The lowest BCUT2D eigenvalue weighted by Crippen LogP contribution is -2.15. The molecule has 0 saturated heterocycles. The largest absolute Gasteiger partial charge is 0.497 e. The topological polar surface area (TPSA) is 94.6 Å². The van der Waals surface area contributed by atoms with Crippen molar-refractivity contribution in [1.29, 1.82) is 0 Å². The Morgan fingerprint density at radius 2 is 1.75 bits per heavy atom. The summed E-state index contributed by atoms with van der Waals surface area (Å²) in [6.45, 7) is 1.91. The number of anilines is 3. The molecular weight excluding hydrogens is 360 g/mol. The van der Waals surface area contributed by atoms with E-state index in [0.29, 0.717) is 28.8 Å². The molecule has 0 unspecified atom stereocenters. The number of aromatic nitrogens is 2. The average Bonchev–Trinajstić information content (AvgIpc) is 3.16. The highest BCUT2D eigenvalue weighted by Crippen LogP contribution is 2.34. The summed E-state index contributed by atoms with van der Waals surface area (Å²) in [4.78, 5) is 21.2. The number of carbonyl (C=O) groups is 1. The fourth-order valence-corrected chi connectivity index (χ4v) is 2.74. The van der Waals surface area contributed by atoms with Crippen molar-refractivity contribution in [3.63, 3.8) is 0 Å². The number of ether oxygens (including phenoxy) is 3. The van der Waals surface area contributed by atoms with Crippen molar-refractivity contribution < 1.29 is 19.0 Å². The second-order valence-electron chi connectivity index (χ2n) is 6.06. The highest BCUT2D eigenvalue weighted by atomic mass is 16.7. The number of nitrogens with zero attached hydrogens (tertiary/aromatic N) is 2. The van der Waals surface area contributed by atoms with E-state index in [1.807, 2.05) is 24.3 Å². The molecule has 4 rings (SSSR count). The first-order valence-electron chi connectivity index (χ1n) is 8.58. The Balaban J connectivity index is 1.51. The van der Waals surface area contributed by atoms with E-state index >= 15 is 0 Å². The summed E-state index contributed by atoms with van der Waals surface area (Å²) in [6.07, 6.45) is 0. The van der Waals surface area contributed by atoms with Gasteiger partial charge in [-0.1, -0.05) is 0 Å². The van der Waals surface area contributed by atoms with Crippen LogP contribution in [0.25, 0.3) is 0 Å². The minimum Gasteiger partial charge on any atom is -0.497 e. The SMILES string of the molecule is COc1ccc(Nc2cc(C(=O)Nc3ccc4c(c3)OCO4)nc(C)n2)cc1. The smallest absolute Gasteiger partial charge is 0.274 e. The number of rotatable bonds is 5. The van der Waals surface area contributed by atoms with Crippen molar-refractivity contribution in [3.8, 4) is 17.2 Å². The Kier molecular flexibility index (Phi) is 4.67. The molecule has 142 valence electrons. The number of amides is 1. The summed E-state index contributed by atoms with van der Waals surface area (Å²) < 4.78 is 15.8. The quantitative estimate of drug-likeness (QED) is 0.701. The van der Waals surface area contributed by atoms with Gasteiger partial charge in [0.25, 0.3) is 5.91 Å². The Labute approximate surface area is 161 Å². The maximum absolute atomic E-state index is 12.6. The van der Waals surface area contributed by atoms with E-state index in [1.165, 1.54) is 0 Å². The summed E-state index contributed by atoms with van der Waals surface area (Å²) in [5, 5.41) is 5.98. The summed E-state index contributed by atoms with van der Waals surface area (Å²) >= 11 is 0. The fourth-order valence-electron chi connectivity index (χ4n) is 2.74. The predicted molar refractivity (Wildman–Crippen MR) is 104 cm³/mol. The van der Waals surface area contributed by atoms with Crippen LogP contribution in [-0.2, 0) is 0 Å². The van der Waals surface area contributed by atoms with E-state index in [4.69, 9.17) is 14.2 Å². The van der Waals surface area contributed by atoms with Crippen LogP contribution in [0.4, 0.5) is 17.2 Å². The lowest BCUT2D eigenvalue weighted by atomic mass is 10.2. The summed E-state index contributed by atoms with van der Waals surface area (Å²) in [6, 6.07) is 14.2. The van der Waals surface area contributed by atoms with Crippen LogP contribution in [0.15, 0.2) is 48.5 Å². The lowest BCUT2D eigenvalue weighted by Gasteiger charge is -2.10. The van der Waals surface area contributed by atoms with Gasteiger partial charge in [-0.2, -0.15) is 0 Å². The third kappa shape index (κ3) is 3.80. The first-order valence-corrected chi connectivity index (χ1v) is 8.58. The second kappa shape index (κ2) is 7.43. The molecule has 8 heteroatoms. The molecule has 0 spiro atoms. The van der Waals surface area contributed by atoms with Crippen molar-refractivity contribution in [3.05, 3.63) is 60.0 Å². The number of hydrogen-bond donors (Lipinski definition) is 2. The van der Waals surface area contributed by atoms with Gasteiger partial charge < -0.3 is 24.8 Å². The molecular formula is C20H18N4O4. The van der Waals surface area contributed by atoms with Gasteiger partial charge in [0.05, 0.1) is 7.11 Å². The number of fused-ring (bicyclic) bond motifs is 1. The molecule has 0 atom stereocenters. The Hall–Kier alpha value is -3.81. The van der Waals surface area contributed by atoms with Crippen LogP contribution < -0.4 is 24.8 Å². The highest BCUT2D eigenvalue weighted by Gasteiger charge is 2.16. The number of methoxy groups -OCH3 is 1. The molecule has 1 aliphatic heterocycles. The minimum absolute atomic E-state index is 0.179. The standard InChI is InChI=1S/C20H18N4O4/c1-12-21-16(10-19(22-12)23-13-3-6-15(26-2)7-4-13)20(25)24-14-5-8-17-18(9-14)28-11-27-17/h3-10H,11H2,1-2H3,(H,24,25)(H,21,22,23). The van der Waals surface area contributed by atoms with Crippen molar-refractivity contribution in [1.82, 2.24) is 9.97 Å². The molecule has 0 aliphatic carbocycles. The molecule has 0 fully saturated rings. The maximum Gasteiger partial charge on any atom is 0.274 e. The number of benzene rings is 2. The first kappa shape index (κ1) is 17.6. The molecule has 0 radical (unpaired) electrons. The van der Waals surface area contributed by atoms with E-state index in [1.54, 1.807) is 38.3 Å². The number of carbonyl (C=O) groups excluding carboxylic acids is 1. The van der Waals surface area contributed by atoms with Crippen LogP contribution in [0.1, 0.15) is 16.3 Å². The molecule has 1 aromatic heterocycles. The highest BCUT2D eigenvalue weighted by molar-refractivity contribution is 6.03. The van der Waals surface area contributed by atoms with Crippen LogP contribution in [0.2, 0.25) is 0 Å². The van der Waals surface area contributed by atoms with Gasteiger partial charge in [-0.25, -0.2) is 9.97 Å². The van der Waals surface area contributed by atoms with Gasteiger partial charge in [-0.15, -0.1) is 0 Å². The van der Waals surface area contributed by atoms with E-state index in [2.05, 4.69) is 20.6 Å². The molecule has 1 amide bonds. The zero-order valence-electron chi connectivity index (χ0n) is 15.4. The summed E-state index contributed by atoms with van der Waals surface area (Å²) in [7, 11) is 1.61. The zero-order chi connectivity index (χ0) is 19.5. The summed E-state index contributed by atoms with van der Waals surface area (Å²) in [5.41, 5.74) is 1.66. The first-order chi connectivity index (χ1) is 13.6. The third-order valence-electron chi connectivity index (χ3n) is 4.06. The van der Waals surface area contributed by atoms with Crippen molar-refractivity contribution in [2.45, 2.75) is 6.92 Å². The van der Waals surface area contributed by atoms with Crippen LogP contribution in [0, 0.1) is 6.92 Å². The fraction of sp³-hybridized carbons (Fsp3) is 0.150.